The molecule has 3 heterocycles. The predicted octanol–water partition coefficient (Wildman–Crippen LogP) is 2.97. The fourth-order valence-electron chi connectivity index (χ4n) is 5.25. The van der Waals surface area contributed by atoms with Crippen LogP contribution >= 0.6 is 0 Å². The van der Waals surface area contributed by atoms with Crippen LogP contribution in [0.15, 0.2) is 24.4 Å². The lowest BCUT2D eigenvalue weighted by Crippen LogP contribution is -2.43. The summed E-state index contributed by atoms with van der Waals surface area (Å²) in [6.07, 6.45) is 6.59. The number of hydrogen-bond acceptors (Lipinski definition) is 6. The number of halogens is 1. The summed E-state index contributed by atoms with van der Waals surface area (Å²) in [6, 6.07) is 6.16. The highest BCUT2D eigenvalue weighted by Gasteiger charge is 2.45. The Morgan fingerprint density at radius 2 is 1.90 bits per heavy atom. The Morgan fingerprint density at radius 3 is 2.65 bits per heavy atom. The minimum Gasteiger partial charge on any atom is -0.378 e. The van der Waals surface area contributed by atoms with Crippen molar-refractivity contribution in [3.05, 3.63) is 41.3 Å². The average molecular weight is 422 g/mol. The van der Waals surface area contributed by atoms with Gasteiger partial charge in [-0.3, -0.25) is 0 Å². The molecule has 1 aliphatic carbocycles. The van der Waals surface area contributed by atoms with E-state index in [2.05, 4.69) is 39.8 Å². The normalized spacial score (nSPS) is 21.7. The third-order valence-corrected chi connectivity index (χ3v) is 7.13. The highest BCUT2D eigenvalue weighted by Crippen LogP contribution is 2.49. The smallest absolute Gasteiger partial charge is 0.222 e. The topological polar surface area (TPSA) is 78.5 Å². The van der Waals surface area contributed by atoms with E-state index in [1.54, 1.807) is 0 Å². The van der Waals surface area contributed by atoms with Crippen LogP contribution in [-0.2, 0) is 5.41 Å². The largest absolute Gasteiger partial charge is 0.378 e. The van der Waals surface area contributed by atoms with E-state index < -0.39 is 11.4 Å². The SMILES string of the molecule is CN1CCC2(CC1)CN(c1nc(N)ncc1F)c1cc(C#CC3(O)CCCC3)ccc12. The van der Waals surface area contributed by atoms with Crippen LogP contribution in [0.3, 0.4) is 0 Å². The van der Waals surface area contributed by atoms with Crippen LogP contribution in [0.1, 0.15) is 49.7 Å². The molecule has 2 fully saturated rings. The van der Waals surface area contributed by atoms with Crippen molar-refractivity contribution in [2.45, 2.75) is 49.5 Å². The molecule has 0 unspecified atom stereocenters. The predicted molar refractivity (Wildman–Crippen MR) is 119 cm³/mol. The highest BCUT2D eigenvalue weighted by molar-refractivity contribution is 5.73. The number of nitrogens with two attached hydrogens (primary N) is 1. The number of hydrogen-bond donors (Lipinski definition) is 2. The maximum absolute atomic E-state index is 14.7. The van der Waals surface area contributed by atoms with E-state index in [4.69, 9.17) is 5.73 Å². The first-order valence-electron chi connectivity index (χ1n) is 11.0. The monoisotopic (exact) mass is 421 g/mol. The number of aliphatic hydroxyl groups is 1. The van der Waals surface area contributed by atoms with Crippen LogP contribution in [0, 0.1) is 17.7 Å². The molecule has 7 heteroatoms. The Bertz CT molecular complexity index is 1060. The number of fused-ring (bicyclic) bond motifs is 2. The minimum atomic E-state index is -0.888. The summed E-state index contributed by atoms with van der Waals surface area (Å²) >= 11 is 0. The number of anilines is 3. The minimum absolute atomic E-state index is 0.0520. The molecular formula is C24H28FN5O. The zero-order valence-electron chi connectivity index (χ0n) is 17.9. The molecule has 1 saturated heterocycles. The first-order chi connectivity index (χ1) is 14.9. The van der Waals surface area contributed by atoms with E-state index in [9.17, 15) is 9.50 Å². The lowest BCUT2D eigenvalue weighted by Gasteiger charge is -2.38. The van der Waals surface area contributed by atoms with Crippen molar-refractivity contribution in [2.24, 2.45) is 0 Å². The summed E-state index contributed by atoms with van der Waals surface area (Å²) in [5, 5.41) is 10.6. The third kappa shape index (κ3) is 3.64. The maximum Gasteiger partial charge on any atom is 0.222 e. The van der Waals surface area contributed by atoms with Crippen molar-refractivity contribution in [1.29, 1.82) is 0 Å². The second kappa shape index (κ2) is 7.47. The van der Waals surface area contributed by atoms with Gasteiger partial charge in [0.25, 0.3) is 0 Å². The van der Waals surface area contributed by atoms with Gasteiger partial charge in [-0.05, 0) is 76.4 Å². The average Bonchev–Trinajstić information content (AvgIpc) is 3.33. The standard InChI is InChI=1S/C24H28FN5O/c1-29-12-10-23(11-13-29)16-30(21-19(25)15-27-22(26)28-21)20-14-17(4-5-18(20)23)6-9-24(31)7-2-3-8-24/h4-5,14-15,31H,2-3,7-8,10-13,16H2,1H3,(H2,26,27,28). The van der Waals surface area contributed by atoms with Gasteiger partial charge < -0.3 is 20.6 Å². The molecule has 1 aromatic heterocycles. The fourth-order valence-corrected chi connectivity index (χ4v) is 5.25. The Labute approximate surface area is 182 Å². The van der Waals surface area contributed by atoms with Crippen LogP contribution in [0.25, 0.3) is 0 Å². The Balaban J connectivity index is 1.58. The van der Waals surface area contributed by atoms with Gasteiger partial charge >= 0.3 is 0 Å². The van der Waals surface area contributed by atoms with Gasteiger partial charge in [0.05, 0.1) is 6.20 Å². The first kappa shape index (κ1) is 20.2. The van der Waals surface area contributed by atoms with Crippen LogP contribution in [-0.4, -0.2) is 52.3 Å². The lowest BCUT2D eigenvalue weighted by atomic mass is 9.74. The maximum atomic E-state index is 14.7. The van der Waals surface area contributed by atoms with Gasteiger partial charge in [-0.2, -0.15) is 4.98 Å². The molecule has 31 heavy (non-hydrogen) atoms. The first-order valence-corrected chi connectivity index (χ1v) is 11.0. The van der Waals surface area contributed by atoms with Crippen molar-refractivity contribution < 1.29 is 9.50 Å². The number of nitrogens with zero attached hydrogens (tertiary/aromatic N) is 4. The molecule has 0 bridgehead atoms. The Morgan fingerprint density at radius 1 is 1.16 bits per heavy atom. The van der Waals surface area contributed by atoms with Crippen LogP contribution in [0.4, 0.5) is 21.8 Å². The molecule has 5 rings (SSSR count). The highest BCUT2D eigenvalue weighted by atomic mass is 19.1. The summed E-state index contributed by atoms with van der Waals surface area (Å²) in [7, 11) is 2.14. The quantitative estimate of drug-likeness (QED) is 0.690. The molecule has 2 aliphatic heterocycles. The second-order valence-corrected chi connectivity index (χ2v) is 9.29. The lowest BCUT2D eigenvalue weighted by molar-refractivity contribution is 0.110. The van der Waals surface area contributed by atoms with Crippen molar-refractivity contribution in [2.75, 3.05) is 37.3 Å². The van der Waals surface area contributed by atoms with Crippen LogP contribution in [0.2, 0.25) is 0 Å². The molecule has 2 aromatic rings. The van der Waals surface area contributed by atoms with E-state index in [0.717, 1.165) is 69.1 Å². The van der Waals surface area contributed by atoms with Gasteiger partial charge in [-0.1, -0.05) is 17.9 Å². The van der Waals surface area contributed by atoms with Gasteiger partial charge in [0.2, 0.25) is 5.95 Å². The molecule has 0 atom stereocenters. The van der Waals surface area contributed by atoms with E-state index in [0.29, 0.717) is 6.54 Å². The number of rotatable bonds is 1. The second-order valence-electron chi connectivity index (χ2n) is 9.29. The van der Waals surface area contributed by atoms with Crippen LogP contribution in [0.5, 0.6) is 0 Å². The van der Waals surface area contributed by atoms with Gasteiger partial charge in [-0.15, -0.1) is 0 Å². The summed E-state index contributed by atoms with van der Waals surface area (Å²) in [6.45, 7) is 2.65. The van der Waals surface area contributed by atoms with Crippen molar-refractivity contribution in [3.8, 4) is 11.8 Å². The van der Waals surface area contributed by atoms with Gasteiger partial charge in [0.15, 0.2) is 11.6 Å². The Kier molecular flexibility index (Phi) is 4.87. The zero-order valence-corrected chi connectivity index (χ0v) is 17.9. The van der Waals surface area contributed by atoms with Crippen molar-refractivity contribution in [1.82, 2.24) is 14.9 Å². The van der Waals surface area contributed by atoms with Crippen LogP contribution < -0.4 is 10.6 Å². The van der Waals surface area contributed by atoms with E-state index in [1.807, 2.05) is 17.0 Å². The van der Waals surface area contributed by atoms with Gasteiger partial charge in [0.1, 0.15) is 5.60 Å². The molecule has 1 aromatic carbocycles. The van der Waals surface area contributed by atoms with E-state index in [-0.39, 0.29) is 17.2 Å². The molecular weight excluding hydrogens is 393 g/mol. The molecule has 0 amide bonds. The summed E-state index contributed by atoms with van der Waals surface area (Å²) in [5.74, 6) is 6.03. The number of nitrogen functional groups attached to an aromatic ring is 1. The number of likely N-dealkylation sites (tertiary alicyclic amines) is 1. The molecule has 1 spiro atoms. The number of piperidine rings is 1. The Hall–Kier alpha value is -2.69. The number of aromatic nitrogens is 2. The molecule has 1 saturated carbocycles. The molecule has 3 aliphatic rings. The summed E-state index contributed by atoms with van der Waals surface area (Å²) < 4.78 is 14.7. The molecule has 0 radical (unpaired) electrons. The number of benzene rings is 1. The summed E-state index contributed by atoms with van der Waals surface area (Å²) in [4.78, 5) is 12.3. The third-order valence-electron chi connectivity index (χ3n) is 7.13. The van der Waals surface area contributed by atoms with Gasteiger partial charge in [-0.25, -0.2) is 9.37 Å². The van der Waals surface area contributed by atoms with Crippen molar-refractivity contribution >= 4 is 17.5 Å². The van der Waals surface area contributed by atoms with E-state index in [1.165, 1.54) is 5.56 Å². The molecule has 3 N–H and O–H groups in total. The van der Waals surface area contributed by atoms with E-state index >= 15 is 0 Å². The van der Waals surface area contributed by atoms with Crippen molar-refractivity contribution in [3.63, 3.8) is 0 Å². The molecule has 6 nitrogen and oxygen atoms in total. The summed E-state index contributed by atoms with van der Waals surface area (Å²) in [5.41, 5.74) is 7.80. The van der Waals surface area contributed by atoms with Gasteiger partial charge in [0, 0.05) is 23.2 Å². The fraction of sp³-hybridized carbons (Fsp3) is 0.500. The molecule has 162 valence electrons. The zero-order chi connectivity index (χ0) is 21.6.